The molecular formula is C11H10O7. The average Bonchev–Trinajstić information content (AvgIpc) is 2.34. The highest BCUT2D eigenvalue weighted by molar-refractivity contribution is 5.90. The lowest BCUT2D eigenvalue weighted by molar-refractivity contribution is -0.164. The molecule has 0 saturated heterocycles. The first kappa shape index (κ1) is 12.3. The standard InChI is InChI=1S/C11H10O7/c1-4-2-3-5(12)9-8(4)17-10(15)6(13)7(14)11(16)18-9/h2-3,6-7,12-14H,1H3. The normalized spacial score (nSPS) is 23.5. The quantitative estimate of drug-likeness (QED) is 0.412. The maximum Gasteiger partial charge on any atom is 0.344 e. The molecule has 0 aromatic heterocycles. The molecule has 1 aliphatic rings. The minimum Gasteiger partial charge on any atom is -0.504 e. The SMILES string of the molecule is Cc1ccc(O)c2c1OC(=O)C(O)C(O)C(=O)O2. The summed E-state index contributed by atoms with van der Waals surface area (Å²) in [6, 6.07) is 2.69. The third-order valence-corrected chi connectivity index (χ3v) is 2.48. The number of rotatable bonds is 0. The van der Waals surface area contributed by atoms with E-state index < -0.39 is 29.9 Å². The molecule has 7 heteroatoms. The van der Waals surface area contributed by atoms with Gasteiger partial charge in [0.1, 0.15) is 0 Å². The number of benzene rings is 1. The van der Waals surface area contributed by atoms with Gasteiger partial charge >= 0.3 is 11.9 Å². The first-order valence-corrected chi connectivity index (χ1v) is 5.04. The van der Waals surface area contributed by atoms with E-state index in [4.69, 9.17) is 9.47 Å². The number of carbonyl (C=O) groups excluding carboxylic acids is 2. The van der Waals surface area contributed by atoms with E-state index in [9.17, 15) is 24.9 Å². The fraction of sp³-hybridized carbons (Fsp3) is 0.273. The molecule has 3 N–H and O–H groups in total. The van der Waals surface area contributed by atoms with Crippen molar-refractivity contribution in [3.8, 4) is 17.2 Å². The van der Waals surface area contributed by atoms with E-state index in [1.807, 2.05) is 0 Å². The Labute approximate surface area is 101 Å². The lowest BCUT2D eigenvalue weighted by atomic mass is 10.1. The summed E-state index contributed by atoms with van der Waals surface area (Å²) in [4.78, 5) is 22.8. The predicted molar refractivity (Wildman–Crippen MR) is 56.1 cm³/mol. The van der Waals surface area contributed by atoms with E-state index in [0.29, 0.717) is 5.56 Å². The van der Waals surface area contributed by atoms with E-state index in [2.05, 4.69) is 0 Å². The summed E-state index contributed by atoms with van der Waals surface area (Å²) in [6.07, 6.45) is -4.10. The molecule has 1 aromatic rings. The van der Waals surface area contributed by atoms with Crippen molar-refractivity contribution in [2.45, 2.75) is 19.1 Å². The van der Waals surface area contributed by atoms with Crippen molar-refractivity contribution in [2.24, 2.45) is 0 Å². The smallest absolute Gasteiger partial charge is 0.344 e. The van der Waals surface area contributed by atoms with E-state index >= 15 is 0 Å². The summed E-state index contributed by atoms with van der Waals surface area (Å²) in [6.45, 7) is 1.56. The number of phenols is 1. The number of carbonyl (C=O) groups is 2. The summed E-state index contributed by atoms with van der Waals surface area (Å²) in [7, 11) is 0. The second-order valence-electron chi connectivity index (χ2n) is 3.79. The van der Waals surface area contributed by atoms with E-state index in [0.717, 1.165) is 0 Å². The highest BCUT2D eigenvalue weighted by atomic mass is 16.6. The van der Waals surface area contributed by atoms with Crippen LogP contribution in [-0.4, -0.2) is 39.5 Å². The molecule has 0 spiro atoms. The monoisotopic (exact) mass is 254 g/mol. The van der Waals surface area contributed by atoms with Crippen LogP contribution in [0.25, 0.3) is 0 Å². The molecule has 2 unspecified atom stereocenters. The van der Waals surface area contributed by atoms with Crippen molar-refractivity contribution >= 4 is 11.9 Å². The van der Waals surface area contributed by atoms with Crippen LogP contribution >= 0.6 is 0 Å². The maximum atomic E-state index is 11.4. The van der Waals surface area contributed by atoms with Gasteiger partial charge < -0.3 is 24.8 Å². The minimum absolute atomic E-state index is 0.167. The molecule has 18 heavy (non-hydrogen) atoms. The van der Waals surface area contributed by atoms with E-state index in [1.54, 1.807) is 6.92 Å². The van der Waals surface area contributed by atoms with Crippen LogP contribution in [0, 0.1) is 6.92 Å². The fourth-order valence-electron chi connectivity index (χ4n) is 1.46. The van der Waals surface area contributed by atoms with Gasteiger partial charge in [0.2, 0.25) is 5.75 Å². The van der Waals surface area contributed by atoms with E-state index in [-0.39, 0.29) is 11.5 Å². The summed E-state index contributed by atoms with van der Waals surface area (Å²) >= 11 is 0. The van der Waals surface area contributed by atoms with Crippen molar-refractivity contribution in [3.05, 3.63) is 17.7 Å². The van der Waals surface area contributed by atoms with Crippen LogP contribution in [0.4, 0.5) is 0 Å². The minimum atomic E-state index is -2.06. The average molecular weight is 254 g/mol. The third-order valence-electron chi connectivity index (χ3n) is 2.48. The zero-order valence-corrected chi connectivity index (χ0v) is 9.28. The second kappa shape index (κ2) is 4.28. The molecule has 1 aromatic carbocycles. The predicted octanol–water partition coefficient (Wildman–Crippen LogP) is -0.753. The molecule has 0 bridgehead atoms. The van der Waals surface area contributed by atoms with Gasteiger partial charge in [-0.2, -0.15) is 0 Å². The Morgan fingerprint density at radius 1 is 1.00 bits per heavy atom. The lowest BCUT2D eigenvalue weighted by Crippen LogP contribution is -2.45. The number of fused-ring (bicyclic) bond motifs is 1. The highest BCUT2D eigenvalue weighted by Gasteiger charge is 2.37. The molecule has 0 radical (unpaired) electrons. The van der Waals surface area contributed by atoms with Crippen molar-refractivity contribution in [1.29, 1.82) is 0 Å². The number of esters is 2. The van der Waals surface area contributed by atoms with Crippen LogP contribution in [-0.2, 0) is 9.59 Å². The molecule has 1 aliphatic heterocycles. The number of hydrogen-bond acceptors (Lipinski definition) is 7. The number of aromatic hydroxyl groups is 1. The Balaban J connectivity index is 2.56. The zero-order chi connectivity index (χ0) is 13.4. The summed E-state index contributed by atoms with van der Waals surface area (Å²) in [5.74, 6) is -3.39. The number of ether oxygens (including phenoxy) is 2. The largest absolute Gasteiger partial charge is 0.504 e. The molecule has 7 nitrogen and oxygen atoms in total. The van der Waals surface area contributed by atoms with Crippen LogP contribution in [0.2, 0.25) is 0 Å². The van der Waals surface area contributed by atoms with Gasteiger partial charge in [-0.15, -0.1) is 0 Å². The van der Waals surface area contributed by atoms with Crippen molar-refractivity contribution < 1.29 is 34.4 Å². The van der Waals surface area contributed by atoms with Gasteiger partial charge in [0, 0.05) is 0 Å². The van der Waals surface area contributed by atoms with Gasteiger partial charge in [-0.05, 0) is 18.6 Å². The number of aliphatic hydroxyl groups excluding tert-OH is 2. The van der Waals surface area contributed by atoms with Crippen LogP contribution in [0.3, 0.4) is 0 Å². The summed E-state index contributed by atoms with van der Waals surface area (Å²) in [5.41, 5.74) is 0.424. The molecule has 96 valence electrons. The first-order valence-electron chi connectivity index (χ1n) is 5.04. The van der Waals surface area contributed by atoms with Gasteiger partial charge in [0.25, 0.3) is 0 Å². The Morgan fingerprint density at radius 2 is 1.50 bits per heavy atom. The summed E-state index contributed by atoms with van der Waals surface area (Å²) in [5, 5.41) is 28.2. The Morgan fingerprint density at radius 3 is 2.06 bits per heavy atom. The number of aliphatic hydroxyl groups is 2. The number of phenolic OH excluding ortho intramolecular Hbond substituents is 1. The molecule has 2 rings (SSSR count). The van der Waals surface area contributed by atoms with Crippen LogP contribution in [0.5, 0.6) is 17.2 Å². The van der Waals surface area contributed by atoms with Crippen molar-refractivity contribution in [1.82, 2.24) is 0 Å². The molecule has 0 saturated carbocycles. The van der Waals surface area contributed by atoms with Crippen molar-refractivity contribution in [3.63, 3.8) is 0 Å². The molecule has 0 amide bonds. The van der Waals surface area contributed by atoms with Crippen molar-refractivity contribution in [2.75, 3.05) is 0 Å². The topological polar surface area (TPSA) is 113 Å². The Kier molecular flexibility index (Phi) is 2.93. The fourth-order valence-corrected chi connectivity index (χ4v) is 1.46. The molecule has 0 fully saturated rings. The molecule has 1 heterocycles. The van der Waals surface area contributed by atoms with Crippen LogP contribution < -0.4 is 9.47 Å². The second-order valence-corrected chi connectivity index (χ2v) is 3.79. The van der Waals surface area contributed by atoms with Crippen LogP contribution in [0.15, 0.2) is 12.1 Å². The lowest BCUT2D eigenvalue weighted by Gasteiger charge is -2.22. The van der Waals surface area contributed by atoms with Gasteiger partial charge in [-0.1, -0.05) is 6.07 Å². The van der Waals surface area contributed by atoms with Gasteiger partial charge in [-0.3, -0.25) is 0 Å². The van der Waals surface area contributed by atoms with E-state index in [1.165, 1.54) is 12.1 Å². The van der Waals surface area contributed by atoms with Gasteiger partial charge in [0.05, 0.1) is 0 Å². The van der Waals surface area contributed by atoms with Crippen LogP contribution in [0.1, 0.15) is 5.56 Å². The Hall–Kier alpha value is -2.12. The highest BCUT2D eigenvalue weighted by Crippen LogP contribution is 2.40. The number of hydrogen-bond donors (Lipinski definition) is 3. The molecule has 2 atom stereocenters. The van der Waals surface area contributed by atoms with Gasteiger partial charge in [0.15, 0.2) is 23.7 Å². The summed E-state index contributed by atoms with van der Waals surface area (Å²) < 4.78 is 9.50. The zero-order valence-electron chi connectivity index (χ0n) is 9.28. The van der Waals surface area contributed by atoms with Gasteiger partial charge in [-0.25, -0.2) is 9.59 Å². The number of aryl methyl sites for hydroxylation is 1. The molecule has 0 aliphatic carbocycles. The molecular weight excluding hydrogens is 244 g/mol. The Bertz CT molecular complexity index is 475. The first-order chi connectivity index (χ1) is 8.41. The maximum absolute atomic E-state index is 11.4. The third kappa shape index (κ3) is 1.89.